The van der Waals surface area contributed by atoms with E-state index in [9.17, 15) is 33.6 Å². The zero-order valence-electron chi connectivity index (χ0n) is 18.9. The molecule has 0 bridgehead atoms. The van der Waals surface area contributed by atoms with Gasteiger partial charge in [0.2, 0.25) is 29.5 Å². The number of carboxylic acid groups (broad SMARTS) is 2. The molecule has 0 aromatic rings. The van der Waals surface area contributed by atoms with Crippen LogP contribution < -0.4 is 33.2 Å². The maximum atomic E-state index is 12.8. The molecule has 5 amide bonds. The lowest BCUT2D eigenvalue weighted by molar-refractivity contribution is -0.144. The Hall–Kier alpha value is -3.75. The molecule has 0 aliphatic carbocycles. The Morgan fingerprint density at radius 3 is 1.74 bits per heavy atom. The number of aliphatic carboxylic acids is 2. The van der Waals surface area contributed by atoms with Crippen molar-refractivity contribution in [1.29, 1.82) is 0 Å². The summed E-state index contributed by atoms with van der Waals surface area (Å²) in [5, 5.41) is 24.8. The van der Waals surface area contributed by atoms with Gasteiger partial charge in [-0.3, -0.25) is 28.8 Å². The average molecular weight is 488 g/mol. The highest BCUT2D eigenvalue weighted by atomic mass is 16.4. The fourth-order valence-electron chi connectivity index (χ4n) is 2.70. The number of carbonyl (C=O) groups is 7. The first-order valence-corrected chi connectivity index (χ1v) is 10.3. The van der Waals surface area contributed by atoms with E-state index in [1.807, 2.05) is 0 Å². The Kier molecular flexibility index (Phi) is 12.8. The minimum absolute atomic E-state index is 0.109. The summed E-state index contributed by atoms with van der Waals surface area (Å²) in [5.41, 5.74) is 15.7. The van der Waals surface area contributed by atoms with Crippen LogP contribution in [0.4, 0.5) is 0 Å². The third kappa shape index (κ3) is 11.8. The fourth-order valence-corrected chi connectivity index (χ4v) is 2.70. The van der Waals surface area contributed by atoms with E-state index >= 15 is 0 Å². The Morgan fingerprint density at radius 1 is 0.735 bits per heavy atom. The Bertz CT molecular complexity index is 801. The first kappa shape index (κ1) is 30.2. The molecule has 0 rings (SSSR count). The lowest BCUT2D eigenvalue weighted by Gasteiger charge is -2.26. The van der Waals surface area contributed by atoms with Gasteiger partial charge < -0.3 is 43.4 Å². The number of primary amides is 2. The molecular formula is C19H32N6O9. The molecule has 0 aliphatic heterocycles. The maximum Gasteiger partial charge on any atom is 0.326 e. The van der Waals surface area contributed by atoms with Crippen molar-refractivity contribution in [2.75, 3.05) is 0 Å². The lowest BCUT2D eigenvalue weighted by atomic mass is 10.0. The Balaban J connectivity index is 5.48. The summed E-state index contributed by atoms with van der Waals surface area (Å²) in [4.78, 5) is 81.8. The normalized spacial score (nSPS) is 14.2. The highest BCUT2D eigenvalue weighted by molar-refractivity contribution is 5.95. The predicted octanol–water partition coefficient (Wildman–Crippen LogP) is -3.49. The molecule has 0 fully saturated rings. The van der Waals surface area contributed by atoms with E-state index in [0.29, 0.717) is 0 Å². The van der Waals surface area contributed by atoms with Crippen LogP contribution in [0.5, 0.6) is 0 Å². The van der Waals surface area contributed by atoms with Gasteiger partial charge in [-0.2, -0.15) is 0 Å². The predicted molar refractivity (Wildman–Crippen MR) is 115 cm³/mol. The second kappa shape index (κ2) is 14.4. The molecule has 0 saturated carbocycles. The molecule has 0 aromatic carbocycles. The van der Waals surface area contributed by atoms with E-state index in [1.165, 1.54) is 0 Å². The van der Waals surface area contributed by atoms with E-state index < -0.39 is 84.4 Å². The molecule has 0 radical (unpaired) electrons. The van der Waals surface area contributed by atoms with Crippen molar-refractivity contribution in [1.82, 2.24) is 16.0 Å². The molecule has 192 valence electrons. The molecule has 15 nitrogen and oxygen atoms in total. The number of nitrogens with two attached hydrogens (primary N) is 3. The third-order valence-electron chi connectivity index (χ3n) is 4.59. The minimum Gasteiger partial charge on any atom is -0.481 e. The molecule has 4 atom stereocenters. The summed E-state index contributed by atoms with van der Waals surface area (Å²) >= 11 is 0. The number of nitrogens with one attached hydrogen (secondary N) is 3. The number of amides is 5. The van der Waals surface area contributed by atoms with Crippen molar-refractivity contribution < 1.29 is 43.8 Å². The van der Waals surface area contributed by atoms with Crippen LogP contribution in [0.2, 0.25) is 0 Å². The van der Waals surface area contributed by atoms with E-state index in [1.54, 1.807) is 13.8 Å². The molecule has 0 aromatic heterocycles. The Labute approximate surface area is 195 Å². The van der Waals surface area contributed by atoms with Crippen LogP contribution >= 0.6 is 0 Å². The molecule has 0 spiro atoms. The topological polar surface area (TPSA) is 274 Å². The van der Waals surface area contributed by atoms with Gasteiger partial charge in [0.25, 0.3) is 0 Å². The van der Waals surface area contributed by atoms with Crippen molar-refractivity contribution in [2.24, 2.45) is 23.1 Å². The molecule has 11 N–H and O–H groups in total. The van der Waals surface area contributed by atoms with E-state index in [4.69, 9.17) is 27.4 Å². The van der Waals surface area contributed by atoms with Gasteiger partial charge in [0, 0.05) is 12.8 Å². The summed E-state index contributed by atoms with van der Waals surface area (Å²) in [6, 6.07) is -5.54. The number of hydrogen-bond donors (Lipinski definition) is 8. The summed E-state index contributed by atoms with van der Waals surface area (Å²) in [6.45, 7) is 3.08. The molecule has 0 saturated heterocycles. The van der Waals surface area contributed by atoms with Crippen LogP contribution in [-0.4, -0.2) is 75.9 Å². The quantitative estimate of drug-likeness (QED) is 0.106. The van der Waals surface area contributed by atoms with Crippen LogP contribution in [-0.2, 0) is 33.6 Å². The maximum absolute atomic E-state index is 12.8. The van der Waals surface area contributed by atoms with Gasteiger partial charge in [-0.25, -0.2) is 4.79 Å². The molecule has 15 heteroatoms. The highest BCUT2D eigenvalue weighted by Gasteiger charge is 2.32. The largest absolute Gasteiger partial charge is 0.481 e. The summed E-state index contributed by atoms with van der Waals surface area (Å²) in [6.07, 6.45) is -1.83. The van der Waals surface area contributed by atoms with Crippen molar-refractivity contribution in [3.63, 3.8) is 0 Å². The summed E-state index contributed by atoms with van der Waals surface area (Å²) in [5.74, 6) is -7.69. The van der Waals surface area contributed by atoms with Gasteiger partial charge >= 0.3 is 11.9 Å². The minimum atomic E-state index is -1.63. The standard InChI is InChI=1S/C19H32N6O9/c1-8(2)15(18(32)24-11(19(33)34)7-13(22)27)25-17(31)10(4-6-14(28)29)23-16(30)9(20)3-5-12(21)26/h8-11,15H,3-7,20H2,1-2H3,(H2,21,26)(H2,22,27)(H,23,30)(H,24,32)(H,25,31)(H,28,29)(H,33,34). The zero-order valence-corrected chi connectivity index (χ0v) is 18.9. The molecule has 4 unspecified atom stereocenters. The molecule has 0 heterocycles. The van der Waals surface area contributed by atoms with Gasteiger partial charge in [-0.1, -0.05) is 13.8 Å². The SMILES string of the molecule is CC(C)C(NC(=O)C(CCC(=O)O)NC(=O)C(N)CCC(N)=O)C(=O)NC(CC(N)=O)C(=O)O. The average Bonchev–Trinajstić information content (AvgIpc) is 2.71. The van der Waals surface area contributed by atoms with Gasteiger partial charge in [-0.15, -0.1) is 0 Å². The molecular weight excluding hydrogens is 456 g/mol. The van der Waals surface area contributed by atoms with Crippen molar-refractivity contribution >= 4 is 41.5 Å². The fraction of sp³-hybridized carbons (Fsp3) is 0.632. The van der Waals surface area contributed by atoms with Crippen LogP contribution in [0, 0.1) is 5.92 Å². The van der Waals surface area contributed by atoms with Gasteiger partial charge in [0.15, 0.2) is 0 Å². The zero-order chi connectivity index (χ0) is 26.6. The van der Waals surface area contributed by atoms with Crippen molar-refractivity contribution in [3.8, 4) is 0 Å². The van der Waals surface area contributed by atoms with Crippen LogP contribution in [0.25, 0.3) is 0 Å². The third-order valence-corrected chi connectivity index (χ3v) is 4.59. The lowest BCUT2D eigenvalue weighted by Crippen LogP contribution is -2.58. The van der Waals surface area contributed by atoms with Crippen LogP contribution in [0.1, 0.15) is 46.0 Å². The summed E-state index contributed by atoms with van der Waals surface area (Å²) in [7, 11) is 0. The second-order valence-electron chi connectivity index (χ2n) is 7.91. The highest BCUT2D eigenvalue weighted by Crippen LogP contribution is 2.07. The Morgan fingerprint density at radius 2 is 1.29 bits per heavy atom. The van der Waals surface area contributed by atoms with E-state index in [2.05, 4.69) is 16.0 Å². The molecule has 0 aliphatic rings. The van der Waals surface area contributed by atoms with Gasteiger partial charge in [0.1, 0.15) is 18.1 Å². The number of hydrogen-bond acceptors (Lipinski definition) is 8. The monoisotopic (exact) mass is 488 g/mol. The van der Waals surface area contributed by atoms with Crippen LogP contribution in [0.3, 0.4) is 0 Å². The first-order chi connectivity index (χ1) is 15.6. The smallest absolute Gasteiger partial charge is 0.326 e. The number of rotatable bonds is 16. The molecule has 34 heavy (non-hydrogen) atoms. The van der Waals surface area contributed by atoms with E-state index in [0.717, 1.165) is 0 Å². The number of carbonyl (C=O) groups excluding carboxylic acids is 5. The van der Waals surface area contributed by atoms with Crippen LogP contribution in [0.15, 0.2) is 0 Å². The summed E-state index contributed by atoms with van der Waals surface area (Å²) < 4.78 is 0. The first-order valence-electron chi connectivity index (χ1n) is 10.3. The van der Waals surface area contributed by atoms with Crippen molar-refractivity contribution in [2.45, 2.75) is 70.1 Å². The van der Waals surface area contributed by atoms with Gasteiger partial charge in [0.05, 0.1) is 12.5 Å². The van der Waals surface area contributed by atoms with Gasteiger partial charge in [-0.05, 0) is 18.8 Å². The van der Waals surface area contributed by atoms with E-state index in [-0.39, 0.29) is 19.3 Å². The number of carboxylic acids is 2. The van der Waals surface area contributed by atoms with Crippen molar-refractivity contribution in [3.05, 3.63) is 0 Å². The second-order valence-corrected chi connectivity index (χ2v) is 7.91.